The molecule has 0 bridgehead atoms. The number of nitrogens with one attached hydrogen (secondary N) is 1. The zero-order chi connectivity index (χ0) is 12.8. The zero-order valence-electron chi connectivity index (χ0n) is 10.8. The van der Waals surface area contributed by atoms with E-state index in [1.807, 2.05) is 39.2 Å². The van der Waals surface area contributed by atoms with Gasteiger partial charge in [-0.2, -0.15) is 0 Å². The van der Waals surface area contributed by atoms with Crippen molar-refractivity contribution >= 4 is 5.84 Å². The maximum atomic E-state index is 7.51. The quantitative estimate of drug-likeness (QED) is 0.447. The number of para-hydroxylation sites is 1. The summed E-state index contributed by atoms with van der Waals surface area (Å²) in [4.78, 5) is 2.12. The second kappa shape index (κ2) is 6.25. The van der Waals surface area contributed by atoms with Crippen LogP contribution in [0.5, 0.6) is 5.75 Å². The molecule has 0 saturated carbocycles. The van der Waals surface area contributed by atoms with Gasteiger partial charge in [0.05, 0.1) is 12.2 Å². The van der Waals surface area contributed by atoms with Crippen LogP contribution in [0, 0.1) is 12.3 Å². The van der Waals surface area contributed by atoms with Gasteiger partial charge in [-0.05, 0) is 39.1 Å². The average molecular weight is 235 g/mol. The van der Waals surface area contributed by atoms with Crippen molar-refractivity contribution in [3.05, 3.63) is 29.3 Å². The highest BCUT2D eigenvalue weighted by Crippen LogP contribution is 2.23. The SMILES string of the molecule is Cc1cccc(C(=N)N)c1OCCCN(C)C. The Labute approximate surface area is 103 Å². The molecule has 4 nitrogen and oxygen atoms in total. The van der Waals surface area contributed by atoms with Crippen LogP contribution in [-0.4, -0.2) is 38.0 Å². The monoisotopic (exact) mass is 235 g/mol. The average Bonchev–Trinajstić information content (AvgIpc) is 2.25. The van der Waals surface area contributed by atoms with E-state index >= 15 is 0 Å². The Morgan fingerprint density at radius 3 is 2.71 bits per heavy atom. The Kier molecular flexibility index (Phi) is 4.97. The zero-order valence-corrected chi connectivity index (χ0v) is 10.8. The fourth-order valence-electron chi connectivity index (χ4n) is 1.61. The highest BCUT2D eigenvalue weighted by Gasteiger charge is 2.08. The molecule has 0 atom stereocenters. The molecule has 3 N–H and O–H groups in total. The van der Waals surface area contributed by atoms with Crippen molar-refractivity contribution in [3.8, 4) is 5.75 Å². The van der Waals surface area contributed by atoms with Gasteiger partial charge in [-0.25, -0.2) is 0 Å². The summed E-state index contributed by atoms with van der Waals surface area (Å²) in [6, 6.07) is 5.67. The molecule has 0 spiro atoms. The van der Waals surface area contributed by atoms with E-state index in [0.29, 0.717) is 12.2 Å². The molecule has 0 saturated heterocycles. The summed E-state index contributed by atoms with van der Waals surface area (Å²) in [6.07, 6.45) is 0.957. The third-order valence-electron chi connectivity index (χ3n) is 2.50. The summed E-state index contributed by atoms with van der Waals surface area (Å²) >= 11 is 0. The van der Waals surface area contributed by atoms with Gasteiger partial charge in [0.2, 0.25) is 0 Å². The molecule has 0 aliphatic rings. The number of ether oxygens (including phenoxy) is 1. The second-order valence-corrected chi connectivity index (χ2v) is 4.37. The van der Waals surface area contributed by atoms with Gasteiger partial charge in [0, 0.05) is 6.54 Å². The molecule has 1 aromatic carbocycles. The lowest BCUT2D eigenvalue weighted by Crippen LogP contribution is -2.17. The van der Waals surface area contributed by atoms with Crippen molar-refractivity contribution in [2.24, 2.45) is 5.73 Å². The fourth-order valence-corrected chi connectivity index (χ4v) is 1.61. The molecular formula is C13H21N3O. The molecule has 0 aliphatic heterocycles. The van der Waals surface area contributed by atoms with Gasteiger partial charge < -0.3 is 15.4 Å². The first-order valence-electron chi connectivity index (χ1n) is 5.74. The third kappa shape index (κ3) is 4.07. The summed E-state index contributed by atoms with van der Waals surface area (Å²) in [5, 5.41) is 7.51. The highest BCUT2D eigenvalue weighted by molar-refractivity contribution is 5.98. The van der Waals surface area contributed by atoms with E-state index in [0.717, 1.165) is 24.3 Å². The van der Waals surface area contributed by atoms with E-state index in [9.17, 15) is 0 Å². The Hall–Kier alpha value is -1.55. The first-order valence-corrected chi connectivity index (χ1v) is 5.74. The largest absolute Gasteiger partial charge is 0.492 e. The summed E-state index contributed by atoms with van der Waals surface area (Å²) in [5.41, 5.74) is 7.22. The number of nitrogens with zero attached hydrogens (tertiary/aromatic N) is 1. The predicted molar refractivity (Wildman–Crippen MR) is 70.9 cm³/mol. The maximum absolute atomic E-state index is 7.51. The van der Waals surface area contributed by atoms with E-state index in [1.54, 1.807) is 0 Å². The van der Waals surface area contributed by atoms with Crippen molar-refractivity contribution in [2.45, 2.75) is 13.3 Å². The Morgan fingerprint density at radius 1 is 1.41 bits per heavy atom. The summed E-state index contributed by atoms with van der Waals surface area (Å²) in [5.74, 6) is 0.787. The smallest absolute Gasteiger partial charge is 0.133 e. The van der Waals surface area contributed by atoms with Gasteiger partial charge in [-0.15, -0.1) is 0 Å². The van der Waals surface area contributed by atoms with Crippen LogP contribution in [0.1, 0.15) is 17.5 Å². The molecule has 0 aliphatic carbocycles. The summed E-state index contributed by atoms with van der Waals surface area (Å²) in [6.45, 7) is 3.60. The van der Waals surface area contributed by atoms with E-state index < -0.39 is 0 Å². The van der Waals surface area contributed by atoms with Crippen molar-refractivity contribution < 1.29 is 4.74 Å². The van der Waals surface area contributed by atoms with Gasteiger partial charge >= 0.3 is 0 Å². The summed E-state index contributed by atoms with van der Waals surface area (Å²) < 4.78 is 5.73. The minimum absolute atomic E-state index is 0.0521. The standard InChI is InChI=1S/C13H21N3O/c1-10-6-4-7-11(13(14)15)12(10)17-9-5-8-16(2)3/h4,6-7H,5,8-9H2,1-3H3,(H3,14,15). The van der Waals surface area contributed by atoms with E-state index in [4.69, 9.17) is 15.9 Å². The van der Waals surface area contributed by atoms with Crippen molar-refractivity contribution in [2.75, 3.05) is 27.2 Å². The van der Waals surface area contributed by atoms with Crippen LogP contribution in [0.15, 0.2) is 18.2 Å². The third-order valence-corrected chi connectivity index (χ3v) is 2.50. The van der Waals surface area contributed by atoms with Crippen LogP contribution in [0.4, 0.5) is 0 Å². The van der Waals surface area contributed by atoms with Crippen LogP contribution in [0.25, 0.3) is 0 Å². The van der Waals surface area contributed by atoms with Gasteiger partial charge in [-0.3, -0.25) is 5.41 Å². The molecule has 0 radical (unpaired) electrons. The summed E-state index contributed by atoms with van der Waals surface area (Å²) in [7, 11) is 4.07. The van der Waals surface area contributed by atoms with Gasteiger partial charge in [0.15, 0.2) is 0 Å². The normalized spacial score (nSPS) is 10.6. The number of aryl methyl sites for hydroxylation is 1. The van der Waals surface area contributed by atoms with E-state index in [2.05, 4.69) is 4.90 Å². The fraction of sp³-hybridized carbons (Fsp3) is 0.462. The van der Waals surface area contributed by atoms with Crippen LogP contribution in [0.2, 0.25) is 0 Å². The minimum atomic E-state index is 0.0521. The number of nitrogen functional groups attached to an aromatic ring is 1. The van der Waals surface area contributed by atoms with Crippen molar-refractivity contribution in [1.29, 1.82) is 5.41 Å². The highest BCUT2D eigenvalue weighted by atomic mass is 16.5. The lowest BCUT2D eigenvalue weighted by atomic mass is 10.1. The molecule has 0 aromatic heterocycles. The minimum Gasteiger partial charge on any atom is -0.492 e. The Morgan fingerprint density at radius 2 is 2.12 bits per heavy atom. The lowest BCUT2D eigenvalue weighted by Gasteiger charge is -2.14. The second-order valence-electron chi connectivity index (χ2n) is 4.37. The van der Waals surface area contributed by atoms with Crippen LogP contribution in [0.3, 0.4) is 0 Å². The molecule has 0 heterocycles. The van der Waals surface area contributed by atoms with Crippen LogP contribution in [-0.2, 0) is 0 Å². The van der Waals surface area contributed by atoms with Gasteiger partial charge in [0.25, 0.3) is 0 Å². The predicted octanol–water partition coefficient (Wildman–Crippen LogP) is 1.61. The molecule has 17 heavy (non-hydrogen) atoms. The number of nitrogens with two attached hydrogens (primary N) is 1. The number of hydrogen-bond donors (Lipinski definition) is 2. The number of hydrogen-bond acceptors (Lipinski definition) is 3. The van der Waals surface area contributed by atoms with Crippen molar-refractivity contribution in [3.63, 3.8) is 0 Å². The molecular weight excluding hydrogens is 214 g/mol. The van der Waals surface area contributed by atoms with Crippen LogP contribution < -0.4 is 10.5 Å². The molecule has 4 heteroatoms. The Bertz CT molecular complexity index is 388. The molecule has 0 unspecified atom stereocenters. The maximum Gasteiger partial charge on any atom is 0.133 e. The lowest BCUT2D eigenvalue weighted by molar-refractivity contribution is 0.280. The topological polar surface area (TPSA) is 62.3 Å². The van der Waals surface area contributed by atoms with Crippen molar-refractivity contribution in [1.82, 2.24) is 4.90 Å². The number of amidine groups is 1. The first kappa shape index (κ1) is 13.5. The number of rotatable bonds is 6. The van der Waals surface area contributed by atoms with E-state index in [1.165, 1.54) is 0 Å². The van der Waals surface area contributed by atoms with Crippen LogP contribution >= 0.6 is 0 Å². The molecule has 0 amide bonds. The molecule has 0 fully saturated rings. The molecule has 94 valence electrons. The molecule has 1 aromatic rings. The molecule has 1 rings (SSSR count). The van der Waals surface area contributed by atoms with Gasteiger partial charge in [0.1, 0.15) is 11.6 Å². The Balaban J connectivity index is 2.66. The van der Waals surface area contributed by atoms with E-state index in [-0.39, 0.29) is 5.84 Å². The first-order chi connectivity index (χ1) is 8.02. The van der Waals surface area contributed by atoms with Gasteiger partial charge in [-0.1, -0.05) is 12.1 Å². The number of benzene rings is 1.